The summed E-state index contributed by atoms with van der Waals surface area (Å²) in [5.74, 6) is 0.474. The maximum absolute atomic E-state index is 13.7. The van der Waals surface area contributed by atoms with Gasteiger partial charge in [-0.25, -0.2) is 4.39 Å². The van der Waals surface area contributed by atoms with Gasteiger partial charge in [-0.3, -0.25) is 4.98 Å². The topological polar surface area (TPSA) is 34.2 Å². The first-order valence-electron chi connectivity index (χ1n) is 7.14. The van der Waals surface area contributed by atoms with Crippen LogP contribution in [0.1, 0.15) is 36.1 Å². The maximum atomic E-state index is 13.7. The van der Waals surface area contributed by atoms with Crippen molar-refractivity contribution in [2.75, 3.05) is 13.7 Å². The van der Waals surface area contributed by atoms with Crippen molar-refractivity contribution in [3.8, 4) is 5.75 Å². The Labute approximate surface area is 125 Å². The largest absolute Gasteiger partial charge is 0.495 e. The lowest BCUT2D eigenvalue weighted by atomic mass is 9.94. The van der Waals surface area contributed by atoms with Crippen molar-refractivity contribution in [2.24, 2.45) is 0 Å². The number of hydrogen-bond donors (Lipinski definition) is 1. The number of aryl methyl sites for hydroxylation is 1. The van der Waals surface area contributed by atoms with Crippen LogP contribution in [-0.4, -0.2) is 18.6 Å². The molecule has 1 aromatic carbocycles. The van der Waals surface area contributed by atoms with Crippen molar-refractivity contribution in [1.29, 1.82) is 0 Å². The molecule has 3 nitrogen and oxygen atoms in total. The van der Waals surface area contributed by atoms with E-state index in [9.17, 15) is 4.39 Å². The van der Waals surface area contributed by atoms with E-state index < -0.39 is 0 Å². The van der Waals surface area contributed by atoms with Crippen LogP contribution in [0.5, 0.6) is 5.75 Å². The Morgan fingerprint density at radius 2 is 2.10 bits per heavy atom. The lowest BCUT2D eigenvalue weighted by Gasteiger charge is -2.23. The summed E-state index contributed by atoms with van der Waals surface area (Å²) < 4.78 is 19.1. The SMILES string of the molecule is CCCNC(c1cc(F)ccc1C)c1ccncc1OC. The van der Waals surface area contributed by atoms with Crippen molar-refractivity contribution in [1.82, 2.24) is 10.3 Å². The average molecular weight is 288 g/mol. The molecule has 0 spiro atoms. The number of halogens is 1. The van der Waals surface area contributed by atoms with Crippen molar-refractivity contribution in [2.45, 2.75) is 26.3 Å². The minimum Gasteiger partial charge on any atom is -0.495 e. The van der Waals surface area contributed by atoms with Gasteiger partial charge in [0.1, 0.15) is 11.6 Å². The van der Waals surface area contributed by atoms with E-state index in [0.29, 0.717) is 5.75 Å². The molecular weight excluding hydrogens is 267 g/mol. The first-order valence-corrected chi connectivity index (χ1v) is 7.14. The molecule has 1 aromatic heterocycles. The predicted octanol–water partition coefficient (Wildman–Crippen LogP) is 3.63. The molecule has 112 valence electrons. The second kappa shape index (κ2) is 7.18. The zero-order chi connectivity index (χ0) is 15.2. The molecule has 1 unspecified atom stereocenters. The van der Waals surface area contributed by atoms with Crippen molar-refractivity contribution in [3.05, 3.63) is 59.2 Å². The molecule has 0 radical (unpaired) electrons. The van der Waals surface area contributed by atoms with Crippen molar-refractivity contribution < 1.29 is 9.13 Å². The van der Waals surface area contributed by atoms with Gasteiger partial charge in [-0.05, 0) is 49.2 Å². The summed E-state index contributed by atoms with van der Waals surface area (Å²) in [4.78, 5) is 4.09. The van der Waals surface area contributed by atoms with Crippen LogP contribution in [-0.2, 0) is 0 Å². The van der Waals surface area contributed by atoms with Crippen LogP contribution in [0.3, 0.4) is 0 Å². The molecule has 0 aliphatic heterocycles. The van der Waals surface area contributed by atoms with Gasteiger partial charge in [0.15, 0.2) is 0 Å². The van der Waals surface area contributed by atoms with Crippen LogP contribution < -0.4 is 10.1 Å². The summed E-state index contributed by atoms with van der Waals surface area (Å²) >= 11 is 0. The molecule has 4 heteroatoms. The van der Waals surface area contributed by atoms with Crippen molar-refractivity contribution in [3.63, 3.8) is 0 Å². The number of nitrogens with one attached hydrogen (secondary N) is 1. The molecule has 0 aliphatic carbocycles. The summed E-state index contributed by atoms with van der Waals surface area (Å²) in [6.45, 7) is 4.93. The summed E-state index contributed by atoms with van der Waals surface area (Å²) in [5.41, 5.74) is 2.94. The van der Waals surface area contributed by atoms with Crippen LogP contribution in [0, 0.1) is 12.7 Å². The van der Waals surface area contributed by atoms with E-state index >= 15 is 0 Å². The number of benzene rings is 1. The van der Waals surface area contributed by atoms with E-state index in [1.165, 1.54) is 6.07 Å². The van der Waals surface area contributed by atoms with Gasteiger partial charge >= 0.3 is 0 Å². The zero-order valence-corrected chi connectivity index (χ0v) is 12.7. The Kier molecular flexibility index (Phi) is 5.28. The average Bonchev–Trinajstić information content (AvgIpc) is 2.51. The minimum atomic E-state index is -0.230. The van der Waals surface area contributed by atoms with Crippen LogP contribution in [0.15, 0.2) is 36.7 Å². The fourth-order valence-electron chi connectivity index (χ4n) is 2.40. The number of aromatic nitrogens is 1. The molecule has 2 rings (SSSR count). The van der Waals surface area contributed by atoms with Gasteiger partial charge in [-0.1, -0.05) is 13.0 Å². The molecule has 0 saturated carbocycles. The molecule has 0 bridgehead atoms. The molecule has 1 heterocycles. The summed E-state index contributed by atoms with van der Waals surface area (Å²) in [5, 5.41) is 3.47. The highest BCUT2D eigenvalue weighted by atomic mass is 19.1. The number of nitrogens with zero attached hydrogens (tertiary/aromatic N) is 1. The summed E-state index contributed by atoms with van der Waals surface area (Å²) in [7, 11) is 1.62. The van der Waals surface area contributed by atoms with Gasteiger partial charge in [0, 0.05) is 11.8 Å². The molecule has 1 N–H and O–H groups in total. The van der Waals surface area contributed by atoms with E-state index in [1.807, 2.05) is 13.0 Å². The zero-order valence-electron chi connectivity index (χ0n) is 12.7. The standard InChI is InChI=1S/C17H21FN2O/c1-4-8-20-17(14-7-9-19-11-16(14)21-3)15-10-13(18)6-5-12(15)2/h5-7,9-11,17,20H,4,8H2,1-3H3. The predicted molar refractivity (Wildman–Crippen MR) is 82.1 cm³/mol. The van der Waals surface area contributed by atoms with Gasteiger partial charge in [-0.15, -0.1) is 0 Å². The molecule has 0 fully saturated rings. The Balaban J connectivity index is 2.49. The fourth-order valence-corrected chi connectivity index (χ4v) is 2.40. The van der Waals surface area contributed by atoms with Crippen LogP contribution in [0.4, 0.5) is 4.39 Å². The lowest BCUT2D eigenvalue weighted by molar-refractivity contribution is 0.401. The highest BCUT2D eigenvalue weighted by Crippen LogP contribution is 2.31. The molecular formula is C17H21FN2O. The van der Waals surface area contributed by atoms with E-state index in [-0.39, 0.29) is 11.9 Å². The third kappa shape index (κ3) is 3.58. The molecule has 0 amide bonds. The quantitative estimate of drug-likeness (QED) is 0.881. The highest BCUT2D eigenvalue weighted by Gasteiger charge is 2.19. The normalized spacial score (nSPS) is 12.2. The van der Waals surface area contributed by atoms with Crippen LogP contribution in [0.25, 0.3) is 0 Å². The summed E-state index contributed by atoms with van der Waals surface area (Å²) in [6.07, 6.45) is 4.41. The fraction of sp³-hybridized carbons (Fsp3) is 0.353. The maximum Gasteiger partial charge on any atom is 0.142 e. The number of pyridine rings is 1. The van der Waals surface area contributed by atoms with E-state index in [1.54, 1.807) is 31.6 Å². The monoisotopic (exact) mass is 288 g/mol. The van der Waals surface area contributed by atoms with Gasteiger partial charge in [0.2, 0.25) is 0 Å². The number of hydrogen-bond acceptors (Lipinski definition) is 3. The Morgan fingerprint density at radius 1 is 1.29 bits per heavy atom. The highest BCUT2D eigenvalue weighted by molar-refractivity contribution is 5.42. The molecule has 0 saturated heterocycles. The third-order valence-electron chi connectivity index (χ3n) is 3.50. The van der Waals surface area contributed by atoms with Gasteiger partial charge in [0.05, 0.1) is 19.3 Å². The van der Waals surface area contributed by atoms with Gasteiger partial charge < -0.3 is 10.1 Å². The smallest absolute Gasteiger partial charge is 0.142 e. The van der Waals surface area contributed by atoms with E-state index in [2.05, 4.69) is 17.2 Å². The number of rotatable bonds is 6. The minimum absolute atomic E-state index is 0.112. The van der Waals surface area contributed by atoms with E-state index in [4.69, 9.17) is 4.74 Å². The first-order chi connectivity index (χ1) is 10.2. The lowest BCUT2D eigenvalue weighted by Crippen LogP contribution is -2.24. The molecule has 21 heavy (non-hydrogen) atoms. The molecule has 1 atom stereocenters. The van der Waals surface area contributed by atoms with Crippen LogP contribution >= 0.6 is 0 Å². The first kappa shape index (κ1) is 15.4. The third-order valence-corrected chi connectivity index (χ3v) is 3.50. The molecule has 2 aromatic rings. The number of methoxy groups -OCH3 is 1. The summed E-state index contributed by atoms with van der Waals surface area (Å²) in [6, 6.07) is 6.68. The second-order valence-corrected chi connectivity index (χ2v) is 5.01. The van der Waals surface area contributed by atoms with Crippen LogP contribution in [0.2, 0.25) is 0 Å². The second-order valence-electron chi connectivity index (χ2n) is 5.01. The Morgan fingerprint density at radius 3 is 2.81 bits per heavy atom. The Bertz CT molecular complexity index is 601. The Hall–Kier alpha value is -1.94. The van der Waals surface area contributed by atoms with E-state index in [0.717, 1.165) is 29.7 Å². The van der Waals surface area contributed by atoms with Crippen molar-refractivity contribution >= 4 is 0 Å². The van der Waals surface area contributed by atoms with Gasteiger partial charge in [0.25, 0.3) is 0 Å². The van der Waals surface area contributed by atoms with Gasteiger partial charge in [-0.2, -0.15) is 0 Å². The number of ether oxygens (including phenoxy) is 1. The molecule has 0 aliphatic rings.